The third-order valence-electron chi connectivity index (χ3n) is 4.86. The van der Waals surface area contributed by atoms with E-state index < -0.39 is 11.7 Å². The number of rotatable bonds is 13. The van der Waals surface area contributed by atoms with Crippen LogP contribution < -0.4 is 10.2 Å². The third kappa shape index (κ3) is 5.96. The number of fused-ring (bicyclic) bond motifs is 1. The zero-order valence-corrected chi connectivity index (χ0v) is 15.6. The number of nitrogens with zero attached hydrogens (tertiary/aromatic N) is 1. The van der Waals surface area contributed by atoms with Crippen molar-refractivity contribution in [3.63, 3.8) is 0 Å². The molecule has 4 nitrogen and oxygen atoms in total. The lowest BCUT2D eigenvalue weighted by Gasteiger charge is -2.17. The number of unbranched alkanes of at least 4 members (excludes halogenated alkanes) is 9. The SMILES string of the molecule is CCCCCCCCCCCCNCN1C(=O)C(=O)c2ccccc21. The smallest absolute Gasteiger partial charge is 0.299 e. The van der Waals surface area contributed by atoms with Crippen LogP contribution in [0.4, 0.5) is 5.69 Å². The highest BCUT2D eigenvalue weighted by molar-refractivity contribution is 6.52. The van der Waals surface area contributed by atoms with Crippen molar-refractivity contribution in [3.8, 4) is 0 Å². The first kappa shape index (κ1) is 19.6. The van der Waals surface area contributed by atoms with Gasteiger partial charge in [0.25, 0.3) is 5.78 Å². The molecule has 0 bridgehead atoms. The number of carbonyl (C=O) groups is 2. The summed E-state index contributed by atoms with van der Waals surface area (Å²) in [5.41, 5.74) is 1.25. The Balaban J connectivity index is 1.51. The Morgan fingerprint density at radius 2 is 1.44 bits per heavy atom. The van der Waals surface area contributed by atoms with Gasteiger partial charge in [0.2, 0.25) is 0 Å². The van der Waals surface area contributed by atoms with Gasteiger partial charge in [0.15, 0.2) is 0 Å². The summed E-state index contributed by atoms with van der Waals surface area (Å²) in [6.45, 7) is 3.56. The van der Waals surface area contributed by atoms with Crippen LogP contribution in [-0.4, -0.2) is 24.9 Å². The first-order chi connectivity index (χ1) is 12.3. The summed E-state index contributed by atoms with van der Waals surface area (Å²) >= 11 is 0. The van der Waals surface area contributed by atoms with Crippen LogP contribution in [0.2, 0.25) is 0 Å². The lowest BCUT2D eigenvalue weighted by molar-refractivity contribution is -0.114. The lowest BCUT2D eigenvalue weighted by Crippen LogP contribution is -2.38. The van der Waals surface area contributed by atoms with Crippen molar-refractivity contribution in [1.29, 1.82) is 0 Å². The van der Waals surface area contributed by atoms with Gasteiger partial charge in [0.1, 0.15) is 0 Å². The number of ketones is 1. The molecular weight excluding hydrogens is 312 g/mol. The standard InChI is InChI=1S/C21H32N2O2/c1-2-3-4-5-6-7-8-9-10-13-16-22-17-23-19-15-12-11-14-18(19)20(24)21(23)25/h11-12,14-15,22H,2-10,13,16-17H2,1H3. The molecule has 0 saturated heterocycles. The molecule has 1 N–H and O–H groups in total. The van der Waals surface area contributed by atoms with Crippen molar-refractivity contribution >= 4 is 17.4 Å². The highest BCUT2D eigenvalue weighted by Crippen LogP contribution is 2.27. The van der Waals surface area contributed by atoms with Crippen LogP contribution in [0, 0.1) is 0 Å². The molecule has 0 fully saturated rings. The van der Waals surface area contributed by atoms with Crippen LogP contribution in [0.15, 0.2) is 24.3 Å². The van der Waals surface area contributed by atoms with Crippen LogP contribution in [0.3, 0.4) is 0 Å². The van der Waals surface area contributed by atoms with E-state index in [0.717, 1.165) is 18.7 Å². The van der Waals surface area contributed by atoms with Crippen LogP contribution >= 0.6 is 0 Å². The second-order valence-electron chi connectivity index (χ2n) is 6.92. The number of hydrogen-bond donors (Lipinski definition) is 1. The quantitative estimate of drug-likeness (QED) is 0.417. The summed E-state index contributed by atoms with van der Waals surface area (Å²) in [7, 11) is 0. The molecule has 138 valence electrons. The molecule has 1 aliphatic rings. The predicted molar refractivity (Wildman–Crippen MR) is 103 cm³/mol. The molecule has 0 aliphatic carbocycles. The Labute approximate surface area is 152 Å². The van der Waals surface area contributed by atoms with Gasteiger partial charge >= 0.3 is 5.91 Å². The van der Waals surface area contributed by atoms with E-state index in [1.165, 1.54) is 57.8 Å². The number of anilines is 1. The summed E-state index contributed by atoms with van der Waals surface area (Å²) in [6.07, 6.45) is 13.2. The molecule has 1 amide bonds. The molecule has 1 aliphatic heterocycles. The van der Waals surface area contributed by atoms with E-state index in [0.29, 0.717) is 12.2 Å². The largest absolute Gasteiger partial charge is 0.300 e. The van der Waals surface area contributed by atoms with Crippen molar-refractivity contribution < 1.29 is 9.59 Å². The minimum Gasteiger partial charge on any atom is -0.299 e. The highest BCUT2D eigenvalue weighted by Gasteiger charge is 2.34. The van der Waals surface area contributed by atoms with Gasteiger partial charge in [-0.3, -0.25) is 19.8 Å². The fourth-order valence-electron chi connectivity index (χ4n) is 3.33. The van der Waals surface area contributed by atoms with E-state index in [4.69, 9.17) is 0 Å². The molecule has 0 saturated carbocycles. The van der Waals surface area contributed by atoms with E-state index in [9.17, 15) is 9.59 Å². The zero-order chi connectivity index (χ0) is 17.9. The number of nitrogens with one attached hydrogen (secondary N) is 1. The molecule has 25 heavy (non-hydrogen) atoms. The van der Waals surface area contributed by atoms with E-state index in [1.807, 2.05) is 12.1 Å². The molecular formula is C21H32N2O2. The molecule has 1 aromatic carbocycles. The molecule has 1 heterocycles. The lowest BCUT2D eigenvalue weighted by atomic mass is 10.1. The first-order valence-corrected chi connectivity index (χ1v) is 9.91. The van der Waals surface area contributed by atoms with Gasteiger partial charge in [-0.15, -0.1) is 0 Å². The predicted octanol–water partition coefficient (Wildman–Crippen LogP) is 4.68. The molecule has 0 unspecified atom stereocenters. The maximum atomic E-state index is 12.0. The molecule has 0 atom stereocenters. The van der Waals surface area contributed by atoms with E-state index >= 15 is 0 Å². The molecule has 0 radical (unpaired) electrons. The summed E-state index contributed by atoms with van der Waals surface area (Å²) in [5, 5.41) is 3.30. The van der Waals surface area contributed by atoms with Crippen molar-refractivity contribution in [2.75, 3.05) is 18.1 Å². The zero-order valence-electron chi connectivity index (χ0n) is 15.6. The number of hydrogen-bond acceptors (Lipinski definition) is 3. The Kier molecular flexibility index (Phi) is 8.67. The Morgan fingerprint density at radius 1 is 0.840 bits per heavy atom. The summed E-state index contributed by atoms with van der Waals surface area (Å²) in [5.74, 6) is -0.812. The van der Waals surface area contributed by atoms with E-state index in [2.05, 4.69) is 12.2 Å². The third-order valence-corrected chi connectivity index (χ3v) is 4.86. The van der Waals surface area contributed by atoms with E-state index in [-0.39, 0.29) is 0 Å². The molecule has 0 spiro atoms. The summed E-state index contributed by atoms with van der Waals surface area (Å²) in [4.78, 5) is 25.5. The maximum absolute atomic E-state index is 12.0. The van der Waals surface area contributed by atoms with Crippen molar-refractivity contribution in [3.05, 3.63) is 29.8 Å². The maximum Gasteiger partial charge on any atom is 0.300 e. The fraction of sp³-hybridized carbons (Fsp3) is 0.619. The number of Topliss-reactive ketones (excluding diaryl/α,β-unsaturated/α-hetero) is 1. The number of benzene rings is 1. The fourth-order valence-corrected chi connectivity index (χ4v) is 3.33. The Bertz CT molecular complexity index is 557. The number of para-hydroxylation sites is 1. The summed E-state index contributed by atoms with van der Waals surface area (Å²) < 4.78 is 0. The van der Waals surface area contributed by atoms with Gasteiger partial charge in [-0.2, -0.15) is 0 Å². The Hall–Kier alpha value is -1.68. The molecule has 4 heteroatoms. The minimum atomic E-state index is -0.420. The van der Waals surface area contributed by atoms with Crippen LogP contribution in [-0.2, 0) is 4.79 Å². The van der Waals surface area contributed by atoms with Crippen LogP contribution in [0.5, 0.6) is 0 Å². The highest BCUT2D eigenvalue weighted by atomic mass is 16.2. The number of amides is 1. The second-order valence-corrected chi connectivity index (χ2v) is 6.92. The van der Waals surface area contributed by atoms with Crippen LogP contribution in [0.25, 0.3) is 0 Å². The minimum absolute atomic E-state index is 0.392. The van der Waals surface area contributed by atoms with Gasteiger partial charge in [0.05, 0.1) is 17.9 Å². The Morgan fingerprint density at radius 3 is 2.12 bits per heavy atom. The second kappa shape index (κ2) is 11.0. The molecule has 0 aromatic heterocycles. The van der Waals surface area contributed by atoms with Crippen molar-refractivity contribution in [1.82, 2.24) is 5.32 Å². The van der Waals surface area contributed by atoms with Gasteiger partial charge in [-0.1, -0.05) is 76.8 Å². The van der Waals surface area contributed by atoms with Gasteiger partial charge in [-0.05, 0) is 25.1 Å². The average Bonchev–Trinajstić information content (AvgIpc) is 2.87. The van der Waals surface area contributed by atoms with Gasteiger partial charge in [-0.25, -0.2) is 0 Å². The number of carbonyl (C=O) groups excluding carboxylic acids is 2. The topological polar surface area (TPSA) is 49.4 Å². The molecule has 1 aromatic rings. The molecule has 2 rings (SSSR count). The average molecular weight is 344 g/mol. The normalized spacial score (nSPS) is 13.6. The monoisotopic (exact) mass is 344 g/mol. The van der Waals surface area contributed by atoms with Crippen molar-refractivity contribution in [2.45, 2.75) is 71.1 Å². The van der Waals surface area contributed by atoms with Crippen LogP contribution in [0.1, 0.15) is 81.5 Å². The van der Waals surface area contributed by atoms with Gasteiger partial charge < -0.3 is 0 Å². The first-order valence-electron chi connectivity index (χ1n) is 9.91. The van der Waals surface area contributed by atoms with E-state index in [1.54, 1.807) is 17.0 Å². The van der Waals surface area contributed by atoms with Gasteiger partial charge in [0, 0.05) is 0 Å². The van der Waals surface area contributed by atoms with Crippen molar-refractivity contribution in [2.24, 2.45) is 0 Å². The summed E-state index contributed by atoms with van der Waals surface area (Å²) in [6, 6.07) is 7.21.